The Morgan fingerprint density at radius 2 is 2.37 bits per heavy atom. The van der Waals surface area contributed by atoms with Crippen LogP contribution in [-0.2, 0) is 6.54 Å². The highest BCUT2D eigenvalue weighted by atomic mass is 79.9. The molecular formula is C13H15BrN4O. The summed E-state index contributed by atoms with van der Waals surface area (Å²) < 4.78 is 2.65. The number of nitrogens with two attached hydrogens (primary N) is 1. The fourth-order valence-electron chi connectivity index (χ4n) is 1.78. The fraction of sp³-hybridized carbons (Fsp3) is 0.231. The predicted molar refractivity (Wildman–Crippen MR) is 77.7 cm³/mol. The maximum atomic E-state index is 12.1. The van der Waals surface area contributed by atoms with Crippen LogP contribution in [0.25, 0.3) is 0 Å². The molecule has 2 rings (SSSR count). The number of imidazole rings is 1. The van der Waals surface area contributed by atoms with E-state index in [9.17, 15) is 4.79 Å². The quantitative estimate of drug-likeness (QED) is 0.846. The van der Waals surface area contributed by atoms with Crippen LogP contribution in [0.5, 0.6) is 0 Å². The van der Waals surface area contributed by atoms with E-state index in [0.717, 1.165) is 4.47 Å². The van der Waals surface area contributed by atoms with Crippen LogP contribution in [-0.4, -0.2) is 21.5 Å². The Morgan fingerprint density at radius 1 is 1.58 bits per heavy atom. The van der Waals surface area contributed by atoms with Crippen molar-refractivity contribution in [2.24, 2.45) is 0 Å². The molecule has 0 aliphatic rings. The first-order chi connectivity index (χ1) is 9.06. The summed E-state index contributed by atoms with van der Waals surface area (Å²) in [6, 6.07) is 5.17. The second kappa shape index (κ2) is 5.88. The van der Waals surface area contributed by atoms with Gasteiger partial charge in [0.15, 0.2) is 0 Å². The third kappa shape index (κ3) is 3.57. The Morgan fingerprint density at radius 3 is 3.05 bits per heavy atom. The molecule has 6 heteroatoms. The van der Waals surface area contributed by atoms with Crippen LogP contribution in [0.2, 0.25) is 0 Å². The van der Waals surface area contributed by atoms with Crippen molar-refractivity contribution in [1.29, 1.82) is 0 Å². The number of aromatic nitrogens is 2. The molecule has 1 heterocycles. The van der Waals surface area contributed by atoms with Crippen molar-refractivity contribution in [2.75, 3.05) is 5.73 Å². The largest absolute Gasteiger partial charge is 0.399 e. The van der Waals surface area contributed by atoms with Gasteiger partial charge in [-0.1, -0.05) is 0 Å². The number of nitrogen functional groups attached to an aromatic ring is 1. The number of benzene rings is 1. The van der Waals surface area contributed by atoms with E-state index >= 15 is 0 Å². The van der Waals surface area contributed by atoms with E-state index in [1.807, 2.05) is 17.7 Å². The Labute approximate surface area is 120 Å². The summed E-state index contributed by atoms with van der Waals surface area (Å²) in [5, 5.41) is 2.93. The van der Waals surface area contributed by atoms with Gasteiger partial charge in [-0.15, -0.1) is 0 Å². The van der Waals surface area contributed by atoms with Crippen molar-refractivity contribution >= 4 is 27.5 Å². The highest BCUT2D eigenvalue weighted by Gasteiger charge is 2.13. The van der Waals surface area contributed by atoms with Gasteiger partial charge in [-0.3, -0.25) is 4.79 Å². The van der Waals surface area contributed by atoms with Gasteiger partial charge in [0.25, 0.3) is 5.91 Å². The Hall–Kier alpha value is -1.82. The number of anilines is 1. The van der Waals surface area contributed by atoms with Crippen molar-refractivity contribution in [3.63, 3.8) is 0 Å². The molecule has 1 aromatic carbocycles. The van der Waals surface area contributed by atoms with E-state index in [-0.39, 0.29) is 11.9 Å². The van der Waals surface area contributed by atoms with E-state index in [1.54, 1.807) is 30.7 Å². The van der Waals surface area contributed by atoms with Crippen LogP contribution in [0.4, 0.5) is 5.69 Å². The van der Waals surface area contributed by atoms with E-state index < -0.39 is 0 Å². The number of amides is 1. The lowest BCUT2D eigenvalue weighted by atomic mass is 10.2. The van der Waals surface area contributed by atoms with Crippen LogP contribution in [0.3, 0.4) is 0 Å². The lowest BCUT2D eigenvalue weighted by Crippen LogP contribution is -2.35. The molecule has 2 aromatic rings. The van der Waals surface area contributed by atoms with E-state index in [2.05, 4.69) is 26.2 Å². The van der Waals surface area contributed by atoms with Gasteiger partial charge in [-0.25, -0.2) is 4.98 Å². The second-order valence-corrected chi connectivity index (χ2v) is 5.23. The molecule has 1 atom stereocenters. The number of nitrogens with one attached hydrogen (secondary N) is 1. The molecule has 1 unspecified atom stereocenters. The summed E-state index contributed by atoms with van der Waals surface area (Å²) in [7, 11) is 0. The maximum Gasteiger partial charge on any atom is 0.252 e. The zero-order valence-electron chi connectivity index (χ0n) is 10.5. The van der Waals surface area contributed by atoms with Gasteiger partial charge >= 0.3 is 0 Å². The lowest BCUT2D eigenvalue weighted by molar-refractivity contribution is 0.0936. The van der Waals surface area contributed by atoms with Gasteiger partial charge in [0.2, 0.25) is 0 Å². The minimum atomic E-state index is -0.146. The average Bonchev–Trinajstić information content (AvgIpc) is 2.84. The zero-order chi connectivity index (χ0) is 13.8. The first-order valence-electron chi connectivity index (χ1n) is 5.88. The summed E-state index contributed by atoms with van der Waals surface area (Å²) in [5.74, 6) is -0.146. The number of carbonyl (C=O) groups excluding carboxylic acids is 1. The van der Waals surface area contributed by atoms with Crippen LogP contribution in [0.1, 0.15) is 17.3 Å². The number of nitrogens with zero attached hydrogens (tertiary/aromatic N) is 2. The topological polar surface area (TPSA) is 72.9 Å². The monoisotopic (exact) mass is 322 g/mol. The van der Waals surface area contributed by atoms with Crippen LogP contribution < -0.4 is 11.1 Å². The van der Waals surface area contributed by atoms with Gasteiger partial charge in [-0.2, -0.15) is 0 Å². The third-order valence-electron chi connectivity index (χ3n) is 2.66. The summed E-state index contributed by atoms with van der Waals surface area (Å²) in [5.41, 5.74) is 6.80. The molecule has 0 radical (unpaired) electrons. The summed E-state index contributed by atoms with van der Waals surface area (Å²) in [6.07, 6.45) is 5.29. The summed E-state index contributed by atoms with van der Waals surface area (Å²) in [4.78, 5) is 16.1. The van der Waals surface area contributed by atoms with Crippen molar-refractivity contribution in [1.82, 2.24) is 14.9 Å². The normalized spacial score (nSPS) is 12.1. The van der Waals surface area contributed by atoms with E-state index in [0.29, 0.717) is 17.8 Å². The van der Waals surface area contributed by atoms with Gasteiger partial charge in [0.1, 0.15) is 0 Å². The van der Waals surface area contributed by atoms with Crippen molar-refractivity contribution in [3.8, 4) is 0 Å². The molecule has 0 saturated heterocycles. The smallest absolute Gasteiger partial charge is 0.252 e. The molecule has 19 heavy (non-hydrogen) atoms. The Bertz CT molecular complexity index is 568. The van der Waals surface area contributed by atoms with Gasteiger partial charge in [-0.05, 0) is 41.1 Å². The molecule has 3 N–H and O–H groups in total. The average molecular weight is 323 g/mol. The molecule has 100 valence electrons. The zero-order valence-corrected chi connectivity index (χ0v) is 12.1. The molecule has 1 amide bonds. The van der Waals surface area contributed by atoms with Crippen LogP contribution in [0.15, 0.2) is 41.4 Å². The minimum absolute atomic E-state index is 0.00460. The van der Waals surface area contributed by atoms with Crippen molar-refractivity contribution < 1.29 is 4.79 Å². The molecule has 0 aliphatic carbocycles. The Kier molecular flexibility index (Phi) is 4.21. The Balaban J connectivity index is 2.02. The molecule has 0 aliphatic heterocycles. The van der Waals surface area contributed by atoms with Gasteiger partial charge in [0, 0.05) is 35.1 Å². The van der Waals surface area contributed by atoms with Gasteiger partial charge < -0.3 is 15.6 Å². The standard InChI is InChI=1S/C13H15BrN4O/c1-9(7-18-5-4-16-8-18)17-13(19)11-6-10(15)2-3-12(11)14/h2-6,8-9H,7,15H2,1H3,(H,17,19). The van der Waals surface area contributed by atoms with Crippen LogP contribution in [0, 0.1) is 0 Å². The molecular weight excluding hydrogens is 308 g/mol. The summed E-state index contributed by atoms with van der Waals surface area (Å²) >= 11 is 3.35. The SMILES string of the molecule is CC(Cn1ccnc1)NC(=O)c1cc(N)ccc1Br. The maximum absolute atomic E-state index is 12.1. The molecule has 5 nitrogen and oxygen atoms in total. The predicted octanol–water partition coefficient (Wildman–Crippen LogP) is 2.05. The minimum Gasteiger partial charge on any atom is -0.399 e. The molecule has 0 fully saturated rings. The molecule has 0 spiro atoms. The first kappa shape index (κ1) is 13.6. The highest BCUT2D eigenvalue weighted by Crippen LogP contribution is 2.19. The number of carbonyl (C=O) groups is 1. The molecule has 0 bridgehead atoms. The fourth-order valence-corrected chi connectivity index (χ4v) is 2.20. The first-order valence-corrected chi connectivity index (χ1v) is 6.67. The van der Waals surface area contributed by atoms with Crippen molar-refractivity contribution in [3.05, 3.63) is 47.0 Å². The van der Waals surface area contributed by atoms with Gasteiger partial charge in [0.05, 0.1) is 11.9 Å². The van der Waals surface area contributed by atoms with E-state index in [4.69, 9.17) is 5.73 Å². The third-order valence-corrected chi connectivity index (χ3v) is 3.35. The van der Waals surface area contributed by atoms with Crippen LogP contribution >= 0.6 is 15.9 Å². The second-order valence-electron chi connectivity index (χ2n) is 4.37. The number of rotatable bonds is 4. The molecule has 1 aromatic heterocycles. The van der Waals surface area contributed by atoms with Crippen molar-refractivity contribution in [2.45, 2.75) is 19.5 Å². The van der Waals surface area contributed by atoms with E-state index in [1.165, 1.54) is 0 Å². The molecule has 0 saturated carbocycles. The summed E-state index contributed by atoms with van der Waals surface area (Å²) in [6.45, 7) is 2.61. The number of halogens is 1. The number of hydrogen-bond donors (Lipinski definition) is 2. The number of hydrogen-bond acceptors (Lipinski definition) is 3. The lowest BCUT2D eigenvalue weighted by Gasteiger charge is -2.15. The highest BCUT2D eigenvalue weighted by molar-refractivity contribution is 9.10.